The quantitative estimate of drug-likeness (QED) is 0.172. The third-order valence-electron chi connectivity index (χ3n) is 4.44. The molecule has 0 saturated heterocycles. The van der Waals surface area contributed by atoms with E-state index in [0.717, 1.165) is 42.2 Å². The monoisotopic (exact) mass is 542 g/mol. The molecule has 0 unspecified atom stereocenters. The summed E-state index contributed by atoms with van der Waals surface area (Å²) in [7, 11) is 0. The van der Waals surface area contributed by atoms with Crippen molar-refractivity contribution in [1.82, 2.24) is 16.0 Å². The summed E-state index contributed by atoms with van der Waals surface area (Å²) in [4.78, 5) is 16.7. The fraction of sp³-hybridized carbons (Fsp3) is 0.478. The predicted molar refractivity (Wildman–Crippen MR) is 136 cm³/mol. The van der Waals surface area contributed by atoms with Gasteiger partial charge in [0, 0.05) is 30.8 Å². The van der Waals surface area contributed by atoms with Crippen molar-refractivity contribution in [3.8, 4) is 5.75 Å². The smallest absolute Gasteiger partial charge is 0.287 e. The first-order valence-corrected chi connectivity index (χ1v) is 10.6. The van der Waals surface area contributed by atoms with Gasteiger partial charge in [0.2, 0.25) is 0 Å². The summed E-state index contributed by atoms with van der Waals surface area (Å²) in [6, 6.07) is 7.99. The van der Waals surface area contributed by atoms with Crippen LogP contribution in [0.1, 0.15) is 53.9 Å². The van der Waals surface area contributed by atoms with Gasteiger partial charge in [0.25, 0.3) is 5.91 Å². The molecular formula is C23H35IN4O3. The van der Waals surface area contributed by atoms with Crippen molar-refractivity contribution in [1.29, 1.82) is 0 Å². The Morgan fingerprint density at radius 2 is 1.87 bits per heavy atom. The van der Waals surface area contributed by atoms with Gasteiger partial charge in [-0.2, -0.15) is 0 Å². The summed E-state index contributed by atoms with van der Waals surface area (Å²) < 4.78 is 11.1. The minimum Gasteiger partial charge on any atom is -0.493 e. The zero-order valence-corrected chi connectivity index (χ0v) is 21.2. The van der Waals surface area contributed by atoms with Crippen LogP contribution in [-0.4, -0.2) is 38.1 Å². The number of rotatable bonds is 11. The maximum absolute atomic E-state index is 12.0. The lowest BCUT2D eigenvalue weighted by Crippen LogP contribution is -2.38. The van der Waals surface area contributed by atoms with Crippen LogP contribution in [0.15, 0.2) is 39.9 Å². The summed E-state index contributed by atoms with van der Waals surface area (Å²) in [5, 5.41) is 9.43. The first kappa shape index (κ1) is 26.8. The molecule has 3 N–H and O–H groups in total. The highest BCUT2D eigenvalue weighted by atomic mass is 127. The minimum atomic E-state index is -0.183. The lowest BCUT2D eigenvalue weighted by atomic mass is 10.1. The van der Waals surface area contributed by atoms with E-state index in [1.54, 1.807) is 6.07 Å². The number of benzene rings is 1. The summed E-state index contributed by atoms with van der Waals surface area (Å²) in [6.45, 7) is 11.3. The number of furan rings is 1. The second-order valence-corrected chi connectivity index (χ2v) is 7.12. The first-order chi connectivity index (χ1) is 14.5. The molecule has 1 aromatic heterocycles. The van der Waals surface area contributed by atoms with Crippen LogP contribution in [-0.2, 0) is 6.54 Å². The third kappa shape index (κ3) is 9.20. The highest BCUT2D eigenvalue weighted by molar-refractivity contribution is 14.0. The molecule has 0 radical (unpaired) electrons. The molecule has 7 nitrogen and oxygen atoms in total. The molecule has 0 fully saturated rings. The zero-order chi connectivity index (χ0) is 21.8. The van der Waals surface area contributed by atoms with Crippen molar-refractivity contribution >= 4 is 35.8 Å². The summed E-state index contributed by atoms with van der Waals surface area (Å²) in [5.74, 6) is 1.83. The van der Waals surface area contributed by atoms with Crippen LogP contribution < -0.4 is 20.7 Å². The van der Waals surface area contributed by atoms with Gasteiger partial charge in [-0.3, -0.25) is 4.79 Å². The number of amides is 1. The molecule has 172 valence electrons. The van der Waals surface area contributed by atoms with E-state index in [2.05, 4.69) is 53.0 Å². The van der Waals surface area contributed by atoms with Crippen molar-refractivity contribution in [2.24, 2.45) is 4.99 Å². The number of aryl methyl sites for hydroxylation is 2. The number of carbonyl (C=O) groups excluding carboxylic acids is 1. The van der Waals surface area contributed by atoms with Crippen LogP contribution in [0.5, 0.6) is 5.75 Å². The van der Waals surface area contributed by atoms with Crippen LogP contribution in [0.3, 0.4) is 0 Å². The standard InChI is InChI=1S/C23H34N4O3.HI/c1-5-13-29-20-15-17(3)8-9-19(20)16-27-23(24-6-2)26-12-7-11-25-22(28)21-18(4)10-14-30-21;/h8-10,14-15H,5-7,11-13,16H2,1-4H3,(H,25,28)(H2,24,26,27);1H. The number of hydrogen-bond donors (Lipinski definition) is 3. The maximum Gasteiger partial charge on any atom is 0.287 e. The highest BCUT2D eigenvalue weighted by Gasteiger charge is 2.11. The van der Waals surface area contributed by atoms with E-state index >= 15 is 0 Å². The number of halogens is 1. The second-order valence-electron chi connectivity index (χ2n) is 7.12. The first-order valence-electron chi connectivity index (χ1n) is 10.6. The Morgan fingerprint density at radius 1 is 1.10 bits per heavy atom. The van der Waals surface area contributed by atoms with Gasteiger partial charge in [0.05, 0.1) is 19.4 Å². The van der Waals surface area contributed by atoms with Gasteiger partial charge < -0.3 is 25.1 Å². The molecule has 1 aromatic carbocycles. The number of ether oxygens (including phenoxy) is 1. The number of aliphatic imine (C=N–C) groups is 1. The lowest BCUT2D eigenvalue weighted by molar-refractivity contribution is 0.0925. The normalized spacial score (nSPS) is 10.9. The SMILES string of the molecule is CCCOc1cc(C)ccc1CN=C(NCC)NCCCNC(=O)c1occc1C.I. The Hall–Kier alpha value is -2.23. The Kier molecular flexibility index (Phi) is 12.7. The van der Waals surface area contributed by atoms with Crippen LogP contribution in [0, 0.1) is 13.8 Å². The van der Waals surface area contributed by atoms with Crippen molar-refractivity contribution in [3.63, 3.8) is 0 Å². The average molecular weight is 542 g/mol. The summed E-state index contributed by atoms with van der Waals surface area (Å²) in [6.07, 6.45) is 3.26. The summed E-state index contributed by atoms with van der Waals surface area (Å²) >= 11 is 0. The van der Waals surface area contributed by atoms with Crippen LogP contribution in [0.2, 0.25) is 0 Å². The summed E-state index contributed by atoms with van der Waals surface area (Å²) in [5.41, 5.74) is 3.07. The van der Waals surface area contributed by atoms with Gasteiger partial charge in [-0.25, -0.2) is 4.99 Å². The molecule has 2 aromatic rings. The van der Waals surface area contributed by atoms with Crippen molar-refractivity contribution < 1.29 is 13.9 Å². The number of nitrogens with zero attached hydrogens (tertiary/aromatic N) is 1. The van der Waals surface area contributed by atoms with Crippen LogP contribution in [0.25, 0.3) is 0 Å². The number of guanidine groups is 1. The predicted octanol–water partition coefficient (Wildman–Crippen LogP) is 4.18. The number of hydrogen-bond acceptors (Lipinski definition) is 4. The van der Waals surface area contributed by atoms with Gasteiger partial charge in [-0.05, 0) is 51.3 Å². The maximum atomic E-state index is 12.0. The molecule has 0 spiro atoms. The van der Waals surface area contributed by atoms with E-state index in [0.29, 0.717) is 32.0 Å². The van der Waals surface area contributed by atoms with Crippen LogP contribution >= 0.6 is 24.0 Å². The Morgan fingerprint density at radius 3 is 2.55 bits per heavy atom. The third-order valence-corrected chi connectivity index (χ3v) is 4.44. The molecule has 0 bridgehead atoms. The molecule has 1 heterocycles. The highest BCUT2D eigenvalue weighted by Crippen LogP contribution is 2.21. The topological polar surface area (TPSA) is 87.9 Å². The molecule has 0 aliphatic rings. The lowest BCUT2D eigenvalue weighted by Gasteiger charge is -2.13. The van der Waals surface area contributed by atoms with E-state index < -0.39 is 0 Å². The largest absolute Gasteiger partial charge is 0.493 e. The molecule has 1 amide bonds. The molecule has 0 aliphatic heterocycles. The van der Waals surface area contributed by atoms with Gasteiger partial charge >= 0.3 is 0 Å². The van der Waals surface area contributed by atoms with Gasteiger partial charge in [0.1, 0.15) is 5.75 Å². The molecule has 2 rings (SSSR count). The zero-order valence-electron chi connectivity index (χ0n) is 18.9. The van der Waals surface area contributed by atoms with E-state index in [-0.39, 0.29) is 29.9 Å². The number of carbonyl (C=O) groups is 1. The molecular weight excluding hydrogens is 507 g/mol. The molecule has 0 atom stereocenters. The minimum absolute atomic E-state index is 0. The van der Waals surface area contributed by atoms with Gasteiger partial charge in [-0.1, -0.05) is 19.1 Å². The Balaban J connectivity index is 0.00000480. The Labute approximate surface area is 202 Å². The number of nitrogens with one attached hydrogen (secondary N) is 3. The molecule has 0 aliphatic carbocycles. The average Bonchev–Trinajstić information content (AvgIpc) is 3.16. The van der Waals surface area contributed by atoms with E-state index in [1.165, 1.54) is 11.8 Å². The van der Waals surface area contributed by atoms with Crippen molar-refractivity contribution in [2.75, 3.05) is 26.2 Å². The van der Waals surface area contributed by atoms with E-state index in [4.69, 9.17) is 9.15 Å². The second kappa shape index (κ2) is 14.7. The fourth-order valence-electron chi connectivity index (χ4n) is 2.83. The van der Waals surface area contributed by atoms with Crippen LogP contribution in [0.4, 0.5) is 0 Å². The van der Waals surface area contributed by atoms with Gasteiger partial charge in [0.15, 0.2) is 11.7 Å². The Bertz CT molecular complexity index is 836. The van der Waals surface area contributed by atoms with Crippen molar-refractivity contribution in [2.45, 2.75) is 47.1 Å². The molecule has 8 heteroatoms. The van der Waals surface area contributed by atoms with E-state index in [9.17, 15) is 4.79 Å². The van der Waals surface area contributed by atoms with Crippen molar-refractivity contribution in [3.05, 3.63) is 53.0 Å². The van der Waals surface area contributed by atoms with Gasteiger partial charge in [-0.15, -0.1) is 24.0 Å². The fourth-order valence-corrected chi connectivity index (χ4v) is 2.83. The molecule has 0 saturated carbocycles. The van der Waals surface area contributed by atoms with E-state index in [1.807, 2.05) is 13.8 Å². The molecule has 31 heavy (non-hydrogen) atoms.